The van der Waals surface area contributed by atoms with E-state index in [0.717, 1.165) is 11.8 Å². The SMILES string of the molecule is CCN(CCCC1CCCCC1)CCCC1CCCCC1.O=C(O)CC(O)(CC(=O)O)C(=O)O. The standard InChI is InChI=1S/C20H39N.C6H8O7/c1-2-21(17-9-15-19-11-5-3-6-12-19)18-10-16-20-13-7-4-8-14-20;7-3(8)1-6(13,5(11)12)2-4(9)10/h19-20H,2-18H2,1H3;13H,1-2H2,(H,7,8)(H,9,10)(H,11,12). The molecule has 0 radical (unpaired) electrons. The lowest BCUT2D eigenvalue weighted by Crippen LogP contribution is -2.42. The maximum absolute atomic E-state index is 10.3. The van der Waals surface area contributed by atoms with Crippen molar-refractivity contribution in [3.05, 3.63) is 0 Å². The predicted octanol–water partition coefficient (Wildman–Crippen LogP) is 4.78. The van der Waals surface area contributed by atoms with Crippen LogP contribution in [0.5, 0.6) is 0 Å². The summed E-state index contributed by atoms with van der Waals surface area (Å²) in [4.78, 5) is 33.2. The minimum Gasteiger partial charge on any atom is -0.481 e. The fourth-order valence-corrected chi connectivity index (χ4v) is 5.30. The molecular weight excluding hydrogens is 438 g/mol. The fourth-order valence-electron chi connectivity index (χ4n) is 5.30. The van der Waals surface area contributed by atoms with Gasteiger partial charge in [0.15, 0.2) is 5.60 Å². The van der Waals surface area contributed by atoms with E-state index in [9.17, 15) is 14.4 Å². The molecule has 2 saturated carbocycles. The van der Waals surface area contributed by atoms with Gasteiger partial charge in [0.05, 0.1) is 12.8 Å². The summed E-state index contributed by atoms with van der Waals surface area (Å²) in [6.45, 7) is 6.33. The van der Waals surface area contributed by atoms with Crippen LogP contribution >= 0.6 is 0 Å². The second kappa shape index (κ2) is 16.9. The Morgan fingerprint density at radius 1 is 0.735 bits per heavy atom. The number of carboxylic acid groups (broad SMARTS) is 3. The van der Waals surface area contributed by atoms with Gasteiger partial charge in [0.1, 0.15) is 0 Å². The van der Waals surface area contributed by atoms with Crippen LogP contribution in [0.25, 0.3) is 0 Å². The minimum absolute atomic E-state index is 1.07. The largest absolute Gasteiger partial charge is 0.481 e. The minimum atomic E-state index is -2.74. The molecule has 8 heteroatoms. The van der Waals surface area contributed by atoms with Crippen LogP contribution in [0.1, 0.15) is 110 Å². The van der Waals surface area contributed by atoms with E-state index < -0.39 is 36.4 Å². The highest BCUT2D eigenvalue weighted by Gasteiger charge is 2.40. The molecule has 0 aromatic carbocycles. The molecule has 0 aromatic rings. The third kappa shape index (κ3) is 13.3. The topological polar surface area (TPSA) is 135 Å². The summed E-state index contributed by atoms with van der Waals surface area (Å²) >= 11 is 0. The number of carboxylic acids is 3. The third-order valence-electron chi connectivity index (χ3n) is 7.36. The Hall–Kier alpha value is -1.67. The summed E-state index contributed by atoms with van der Waals surface area (Å²) in [5, 5.41) is 33.8. The van der Waals surface area contributed by atoms with Gasteiger partial charge in [-0.15, -0.1) is 0 Å². The Morgan fingerprint density at radius 2 is 1.12 bits per heavy atom. The highest BCUT2D eigenvalue weighted by Crippen LogP contribution is 2.28. The van der Waals surface area contributed by atoms with E-state index in [1.165, 1.54) is 110 Å². The monoisotopic (exact) mass is 485 g/mol. The van der Waals surface area contributed by atoms with Crippen molar-refractivity contribution >= 4 is 17.9 Å². The molecule has 0 aromatic heterocycles. The number of aliphatic carboxylic acids is 3. The van der Waals surface area contributed by atoms with Crippen LogP contribution in [0.2, 0.25) is 0 Å². The van der Waals surface area contributed by atoms with Crippen LogP contribution in [-0.2, 0) is 14.4 Å². The molecule has 2 aliphatic carbocycles. The average Bonchev–Trinajstić information content (AvgIpc) is 2.79. The smallest absolute Gasteiger partial charge is 0.336 e. The van der Waals surface area contributed by atoms with Crippen LogP contribution in [0, 0.1) is 11.8 Å². The number of nitrogens with zero attached hydrogens (tertiary/aromatic N) is 1. The number of aliphatic hydroxyl groups is 1. The fraction of sp³-hybridized carbons (Fsp3) is 0.885. The van der Waals surface area contributed by atoms with Crippen molar-refractivity contribution < 1.29 is 34.8 Å². The van der Waals surface area contributed by atoms with Crippen LogP contribution in [0.3, 0.4) is 0 Å². The quantitative estimate of drug-likeness (QED) is 0.276. The second-order valence-electron chi connectivity index (χ2n) is 10.2. The maximum atomic E-state index is 10.3. The van der Waals surface area contributed by atoms with Gasteiger partial charge < -0.3 is 25.3 Å². The molecule has 0 unspecified atom stereocenters. The Balaban J connectivity index is 0.000000385. The number of hydrogen-bond donors (Lipinski definition) is 4. The highest BCUT2D eigenvalue weighted by atomic mass is 16.4. The van der Waals surface area contributed by atoms with E-state index in [4.69, 9.17) is 20.4 Å². The Labute approximate surface area is 204 Å². The molecular formula is C26H47NO7. The van der Waals surface area contributed by atoms with Gasteiger partial charge in [-0.3, -0.25) is 9.59 Å². The number of carbonyl (C=O) groups is 3. The molecule has 2 fully saturated rings. The van der Waals surface area contributed by atoms with E-state index in [-0.39, 0.29) is 0 Å². The Bertz CT molecular complexity index is 558. The molecule has 0 aliphatic heterocycles. The molecule has 198 valence electrons. The van der Waals surface area contributed by atoms with Gasteiger partial charge in [-0.05, 0) is 57.2 Å². The molecule has 0 saturated heterocycles. The van der Waals surface area contributed by atoms with Gasteiger partial charge in [-0.25, -0.2) is 4.79 Å². The summed E-state index contributed by atoms with van der Waals surface area (Å²) in [7, 11) is 0. The first-order chi connectivity index (χ1) is 16.2. The molecule has 2 rings (SSSR count). The zero-order valence-electron chi connectivity index (χ0n) is 21.1. The van der Waals surface area contributed by atoms with Gasteiger partial charge in [0, 0.05) is 0 Å². The van der Waals surface area contributed by atoms with E-state index in [2.05, 4.69) is 11.8 Å². The van der Waals surface area contributed by atoms with Gasteiger partial charge in [-0.1, -0.05) is 71.1 Å². The van der Waals surface area contributed by atoms with Gasteiger partial charge in [0.2, 0.25) is 0 Å². The first-order valence-electron chi connectivity index (χ1n) is 13.3. The summed E-state index contributed by atoms with van der Waals surface area (Å²) in [6.07, 6.45) is 18.7. The summed E-state index contributed by atoms with van der Waals surface area (Å²) in [6, 6.07) is 0. The van der Waals surface area contributed by atoms with Crippen LogP contribution in [0.15, 0.2) is 0 Å². The van der Waals surface area contributed by atoms with Crippen LogP contribution < -0.4 is 0 Å². The van der Waals surface area contributed by atoms with Crippen molar-refractivity contribution in [2.24, 2.45) is 11.8 Å². The summed E-state index contributed by atoms with van der Waals surface area (Å²) in [5.41, 5.74) is -2.74. The molecule has 0 spiro atoms. The normalized spacial score (nSPS) is 17.7. The van der Waals surface area contributed by atoms with Gasteiger partial charge >= 0.3 is 17.9 Å². The molecule has 4 N–H and O–H groups in total. The van der Waals surface area contributed by atoms with Crippen molar-refractivity contribution in [3.63, 3.8) is 0 Å². The molecule has 0 heterocycles. The number of hydrogen-bond acceptors (Lipinski definition) is 5. The second-order valence-corrected chi connectivity index (χ2v) is 10.2. The number of rotatable bonds is 14. The Morgan fingerprint density at radius 3 is 1.41 bits per heavy atom. The molecule has 0 atom stereocenters. The molecule has 2 aliphatic rings. The Kier molecular flexibility index (Phi) is 15.1. The van der Waals surface area contributed by atoms with Gasteiger partial charge in [-0.2, -0.15) is 0 Å². The van der Waals surface area contributed by atoms with Crippen molar-refractivity contribution in [2.45, 2.75) is 115 Å². The lowest BCUT2D eigenvalue weighted by Gasteiger charge is -2.26. The van der Waals surface area contributed by atoms with Crippen LogP contribution in [0.4, 0.5) is 0 Å². The lowest BCUT2D eigenvalue weighted by molar-refractivity contribution is -0.170. The highest BCUT2D eigenvalue weighted by molar-refractivity contribution is 5.88. The summed E-state index contributed by atoms with van der Waals surface area (Å²) in [5.74, 6) is -2.88. The van der Waals surface area contributed by atoms with Crippen molar-refractivity contribution in [3.8, 4) is 0 Å². The van der Waals surface area contributed by atoms with Crippen molar-refractivity contribution in [1.29, 1.82) is 0 Å². The van der Waals surface area contributed by atoms with Gasteiger partial charge in [0.25, 0.3) is 0 Å². The zero-order chi connectivity index (χ0) is 25.4. The van der Waals surface area contributed by atoms with Crippen molar-refractivity contribution in [1.82, 2.24) is 4.90 Å². The molecule has 0 bridgehead atoms. The van der Waals surface area contributed by atoms with E-state index in [0.29, 0.717) is 0 Å². The zero-order valence-corrected chi connectivity index (χ0v) is 21.1. The molecule has 8 nitrogen and oxygen atoms in total. The van der Waals surface area contributed by atoms with E-state index in [1.807, 2.05) is 0 Å². The molecule has 34 heavy (non-hydrogen) atoms. The van der Waals surface area contributed by atoms with E-state index in [1.54, 1.807) is 0 Å². The predicted molar refractivity (Wildman–Crippen MR) is 131 cm³/mol. The first kappa shape index (κ1) is 30.4. The molecule has 0 amide bonds. The maximum Gasteiger partial charge on any atom is 0.336 e. The first-order valence-corrected chi connectivity index (χ1v) is 13.3. The average molecular weight is 486 g/mol. The van der Waals surface area contributed by atoms with Crippen molar-refractivity contribution in [2.75, 3.05) is 19.6 Å². The van der Waals surface area contributed by atoms with Crippen LogP contribution in [-0.4, -0.2) is 68.5 Å². The third-order valence-corrected chi connectivity index (χ3v) is 7.36. The van der Waals surface area contributed by atoms with E-state index >= 15 is 0 Å². The lowest BCUT2D eigenvalue weighted by atomic mass is 9.86. The summed E-state index contributed by atoms with van der Waals surface area (Å²) < 4.78 is 0.